The largest absolute Gasteiger partial charge is 0.311 e. The molecule has 356 valence electrons. The number of nitrogens with zero attached hydrogens (tertiary/aromatic N) is 2. The zero-order chi connectivity index (χ0) is 50.0. The molecule has 75 heavy (non-hydrogen) atoms. The van der Waals surface area contributed by atoms with Crippen molar-refractivity contribution in [2.45, 2.75) is 43.9 Å². The lowest BCUT2D eigenvalue weighted by atomic mass is 9.64. The second-order valence-electron chi connectivity index (χ2n) is 22.6. The topological polar surface area (TPSA) is 6.48 Å². The van der Waals surface area contributed by atoms with Crippen molar-refractivity contribution in [3.05, 3.63) is 293 Å². The van der Waals surface area contributed by atoms with Gasteiger partial charge in [0.15, 0.2) is 0 Å². The maximum atomic E-state index is 2.63. The molecule has 0 radical (unpaired) electrons. The van der Waals surface area contributed by atoms with Crippen molar-refractivity contribution >= 4 is 28.4 Å². The number of fused-ring (bicyclic) bond motifs is 21. The molecule has 3 atom stereocenters. The van der Waals surface area contributed by atoms with E-state index in [0.29, 0.717) is 0 Å². The van der Waals surface area contributed by atoms with Gasteiger partial charge in [0.1, 0.15) is 0 Å². The minimum atomic E-state index is -0.457. The predicted molar refractivity (Wildman–Crippen MR) is 311 cm³/mol. The molecule has 5 aliphatic carbocycles. The Morgan fingerprint density at radius 3 is 1.51 bits per heavy atom. The Labute approximate surface area is 440 Å². The van der Waals surface area contributed by atoms with E-state index >= 15 is 0 Å². The molecular weight excluding hydrogens is 905 g/mol. The van der Waals surface area contributed by atoms with Gasteiger partial charge >= 0.3 is 0 Å². The van der Waals surface area contributed by atoms with Crippen LogP contribution in [-0.4, -0.2) is 0 Å². The Hall–Kier alpha value is -8.72. The van der Waals surface area contributed by atoms with Crippen LogP contribution in [0.5, 0.6) is 0 Å². The summed E-state index contributed by atoms with van der Waals surface area (Å²) in [5, 5.41) is 0. The van der Waals surface area contributed by atoms with Gasteiger partial charge in [-0.15, -0.1) is 0 Å². The van der Waals surface area contributed by atoms with Crippen LogP contribution in [0.1, 0.15) is 72.2 Å². The van der Waals surface area contributed by atoms with Gasteiger partial charge in [0.05, 0.1) is 5.41 Å². The summed E-state index contributed by atoms with van der Waals surface area (Å²) in [5.41, 5.74) is 29.7. The van der Waals surface area contributed by atoms with E-state index in [1.54, 1.807) is 0 Å². The molecule has 2 nitrogen and oxygen atoms in total. The first-order valence-electron chi connectivity index (χ1n) is 26.9. The number of benzene rings is 10. The zero-order valence-corrected chi connectivity index (χ0v) is 42.6. The first-order chi connectivity index (χ1) is 36.7. The first kappa shape index (κ1) is 42.8. The second kappa shape index (κ2) is 15.2. The first-order valence-corrected chi connectivity index (χ1v) is 26.9. The summed E-state index contributed by atoms with van der Waals surface area (Å²) in [6.45, 7) is 9.74. The lowest BCUT2D eigenvalue weighted by Crippen LogP contribution is -2.36. The number of allylic oxidation sites excluding steroid dienone is 3. The normalized spacial score (nSPS) is 19.7. The fourth-order valence-corrected chi connectivity index (χ4v) is 15.3. The molecule has 0 fully saturated rings. The molecular formula is C73H54N2. The second-order valence-corrected chi connectivity index (χ2v) is 22.6. The van der Waals surface area contributed by atoms with Crippen molar-refractivity contribution in [3.8, 4) is 55.6 Å². The molecule has 3 unspecified atom stereocenters. The van der Waals surface area contributed by atoms with Crippen LogP contribution in [0.15, 0.2) is 248 Å². The Kier molecular flexibility index (Phi) is 8.66. The average molecular weight is 959 g/mol. The quantitative estimate of drug-likeness (QED) is 0.174. The van der Waals surface area contributed by atoms with Gasteiger partial charge in [0, 0.05) is 45.0 Å². The van der Waals surface area contributed by atoms with E-state index in [9.17, 15) is 0 Å². The molecule has 0 aromatic heterocycles. The van der Waals surface area contributed by atoms with Crippen LogP contribution in [0, 0.1) is 11.8 Å². The number of rotatable bonds is 3. The van der Waals surface area contributed by atoms with Crippen molar-refractivity contribution in [2.24, 2.45) is 11.8 Å². The molecule has 0 saturated heterocycles. The number of anilines is 5. The molecule has 0 amide bonds. The van der Waals surface area contributed by atoms with Gasteiger partial charge in [0.2, 0.25) is 0 Å². The van der Waals surface area contributed by atoms with Gasteiger partial charge in [-0.3, -0.25) is 0 Å². The van der Waals surface area contributed by atoms with E-state index in [-0.39, 0.29) is 22.7 Å². The molecule has 6 aliphatic rings. The minimum absolute atomic E-state index is 0.155. The highest BCUT2D eigenvalue weighted by Crippen LogP contribution is 2.65. The van der Waals surface area contributed by atoms with Gasteiger partial charge in [0.25, 0.3) is 0 Å². The predicted octanol–water partition coefficient (Wildman–Crippen LogP) is 18.6. The van der Waals surface area contributed by atoms with Crippen LogP contribution in [-0.2, 0) is 16.2 Å². The molecule has 16 rings (SSSR count). The standard InChI is InChI=1S/C73H54N2/c1-45-33-34-48-42-67(45)72(4)62-28-14-9-22-55(62)59-38-36-50(44-69(59)72)74(47-19-6-5-7-20-47)51-39-46(40-52(41-51)75(48)49-35-37-58-54-21-8-13-27-61(54)71(2,3)68(58)43-49)53-26-18-32-66-70(53)60-25-12-17-31-65(60)73(66)63-29-15-10-23-56(63)57-24-11-16-30-64(57)73/h5-45,67H,1-4H3. The van der Waals surface area contributed by atoms with Gasteiger partial charge in [-0.25, -0.2) is 0 Å². The molecule has 10 aromatic rings. The van der Waals surface area contributed by atoms with Crippen LogP contribution in [0.4, 0.5) is 28.4 Å². The van der Waals surface area contributed by atoms with Crippen molar-refractivity contribution < 1.29 is 0 Å². The van der Waals surface area contributed by atoms with Gasteiger partial charge < -0.3 is 9.80 Å². The lowest BCUT2D eigenvalue weighted by Gasteiger charge is -2.42. The summed E-state index contributed by atoms with van der Waals surface area (Å²) in [5.74, 6) is 0.430. The number of hydrogen-bond acceptors (Lipinski definition) is 2. The van der Waals surface area contributed by atoms with Crippen LogP contribution in [0.3, 0.4) is 0 Å². The minimum Gasteiger partial charge on any atom is -0.311 e. The summed E-state index contributed by atoms with van der Waals surface area (Å²) >= 11 is 0. The monoisotopic (exact) mass is 958 g/mol. The smallest absolute Gasteiger partial charge is 0.0725 e. The molecule has 0 N–H and O–H groups in total. The fraction of sp³-hybridized carbons (Fsp3) is 0.123. The molecule has 0 saturated carbocycles. The summed E-state index contributed by atoms with van der Waals surface area (Å²) in [4.78, 5) is 5.11. The molecule has 1 aliphatic heterocycles. The van der Waals surface area contributed by atoms with Crippen LogP contribution in [0.25, 0.3) is 55.6 Å². The summed E-state index contributed by atoms with van der Waals surface area (Å²) < 4.78 is 0. The summed E-state index contributed by atoms with van der Waals surface area (Å²) in [7, 11) is 0. The van der Waals surface area contributed by atoms with Crippen LogP contribution < -0.4 is 9.80 Å². The zero-order valence-electron chi connectivity index (χ0n) is 42.6. The highest BCUT2D eigenvalue weighted by Gasteiger charge is 2.52. The SMILES string of the molecule is CC1C=CC2=CC1C1(C)c3ccccc3-c3ccc(cc31)N(c1ccccc1)c1cc(-c3cccc4c3-c3ccccc3C43c4ccccc4-c4ccccc43)cc(c1)N2c1ccc2c(c1)C(C)(C)c1ccccc1-2. The molecule has 1 spiro atoms. The maximum absolute atomic E-state index is 2.63. The highest BCUT2D eigenvalue weighted by molar-refractivity contribution is 6.01. The average Bonchev–Trinajstić information content (AvgIpc) is 4.32. The van der Waals surface area contributed by atoms with Crippen molar-refractivity contribution in [1.29, 1.82) is 0 Å². The van der Waals surface area contributed by atoms with Crippen molar-refractivity contribution in [2.75, 3.05) is 9.80 Å². The van der Waals surface area contributed by atoms with E-state index in [1.165, 1.54) is 106 Å². The van der Waals surface area contributed by atoms with E-state index in [1.807, 2.05) is 0 Å². The number of para-hydroxylation sites is 1. The van der Waals surface area contributed by atoms with Crippen molar-refractivity contribution in [1.82, 2.24) is 0 Å². The molecule has 6 bridgehead atoms. The van der Waals surface area contributed by atoms with Crippen molar-refractivity contribution in [3.63, 3.8) is 0 Å². The Balaban J connectivity index is 1.01. The molecule has 10 aromatic carbocycles. The molecule has 2 heteroatoms. The summed E-state index contributed by atoms with van der Waals surface area (Å²) in [6, 6.07) is 85.9. The van der Waals surface area contributed by atoms with E-state index in [0.717, 1.165) is 28.4 Å². The van der Waals surface area contributed by atoms with Gasteiger partial charge in [-0.1, -0.05) is 210 Å². The Morgan fingerprint density at radius 1 is 0.347 bits per heavy atom. The maximum Gasteiger partial charge on any atom is 0.0725 e. The van der Waals surface area contributed by atoms with E-state index in [2.05, 4.69) is 280 Å². The van der Waals surface area contributed by atoms with Crippen LogP contribution >= 0.6 is 0 Å². The third kappa shape index (κ3) is 5.54. The van der Waals surface area contributed by atoms with E-state index in [4.69, 9.17) is 0 Å². The lowest BCUT2D eigenvalue weighted by molar-refractivity contribution is 0.348. The highest BCUT2D eigenvalue weighted by atomic mass is 15.2. The summed E-state index contributed by atoms with van der Waals surface area (Å²) in [6.07, 6.45) is 7.53. The van der Waals surface area contributed by atoms with E-state index < -0.39 is 5.41 Å². The third-order valence-corrected chi connectivity index (χ3v) is 18.6. The fourth-order valence-electron chi connectivity index (χ4n) is 15.3. The van der Waals surface area contributed by atoms with Crippen LogP contribution in [0.2, 0.25) is 0 Å². The Morgan fingerprint density at radius 2 is 0.827 bits per heavy atom. The third-order valence-electron chi connectivity index (χ3n) is 18.6. The van der Waals surface area contributed by atoms with Gasteiger partial charge in [-0.2, -0.15) is 0 Å². The Bertz CT molecular complexity index is 4120. The molecule has 1 heterocycles. The number of hydrogen-bond donors (Lipinski definition) is 0. The van der Waals surface area contributed by atoms with Gasteiger partial charge in [-0.05, 0) is 173 Å².